The van der Waals surface area contributed by atoms with Crippen molar-refractivity contribution >= 4 is 37.3 Å². The minimum absolute atomic E-state index is 0. The van der Waals surface area contributed by atoms with Gasteiger partial charge in [0.15, 0.2) is 0 Å². The molecule has 2 saturated carbocycles. The molecule has 0 spiro atoms. The molecule has 8 rings (SSSR count). The summed E-state index contributed by atoms with van der Waals surface area (Å²) in [6, 6.07) is 6.33. The minimum atomic E-state index is -3.13. The Labute approximate surface area is 378 Å². The fourth-order valence-corrected chi connectivity index (χ4v) is 7.71. The Morgan fingerprint density at radius 1 is 0.724 bits per heavy atom. The van der Waals surface area contributed by atoms with Crippen molar-refractivity contribution in [1.82, 2.24) is 9.80 Å². The number of benzene rings is 2. The molecular weight excluding hydrogens is 788 g/mol. The number of carboxylic acid groups (broad SMARTS) is 2. The zero-order valence-corrected chi connectivity index (χ0v) is 35.9. The van der Waals surface area contributed by atoms with Crippen molar-refractivity contribution in [2.24, 2.45) is 11.5 Å². The predicted molar refractivity (Wildman–Crippen MR) is 192 cm³/mol. The number of aliphatic hydroxyl groups is 2. The predicted octanol–water partition coefficient (Wildman–Crippen LogP) is -8.28. The standard InChI is InChI=1S/2C17H22BN2O8.2Na/c2*1-17(19,7-21)16(24)20-5-8(6-20)27-12-3-2-9-10-4-11(10)18(25,26)28-14(9)13(12)15(22)23;;/h2*2-3,8,10-11,21,25-26H,4-7,19H2,1H3,(H,22,23);;/q2*-1;2*+1/t2*10-,11-,17+;;/m11../s1/i2*1D;;. The second-order valence-electron chi connectivity index (χ2n) is 15.6. The largest absolute Gasteiger partial charge is 1.00 e. The second-order valence-corrected chi connectivity index (χ2v) is 15.6. The quantitative estimate of drug-likeness (QED) is 0.0994. The van der Waals surface area contributed by atoms with Crippen LogP contribution in [0.1, 0.15) is 73.1 Å². The monoisotopic (exact) mass is 834 g/mol. The number of aromatic carboxylic acids is 2. The Balaban J connectivity index is 0.000000220. The maximum Gasteiger partial charge on any atom is 1.00 e. The molecule has 4 heterocycles. The average molecular weight is 834 g/mol. The van der Waals surface area contributed by atoms with Gasteiger partial charge < -0.3 is 80.6 Å². The van der Waals surface area contributed by atoms with Crippen LogP contribution in [0.2, 0.25) is 11.6 Å². The number of carboxylic acids is 2. The van der Waals surface area contributed by atoms with Crippen LogP contribution in [-0.4, -0.2) is 150 Å². The van der Waals surface area contributed by atoms with E-state index in [1.165, 1.54) is 21.9 Å². The number of aliphatic hydroxyl groups excluding tert-OH is 2. The summed E-state index contributed by atoms with van der Waals surface area (Å²) in [5, 5.41) is 78.1. The molecule has 24 heteroatoms. The maximum atomic E-state index is 12.3. The summed E-state index contributed by atoms with van der Waals surface area (Å²) in [4.78, 5) is 50.9. The SMILES string of the molecule is [2H]C[C@](N)(CO)C(=O)N1CC(Oc2ccc3c(c2C(=O)O)O[B-](O)(O)[C@@H]2C[C@H]32)C1.[2H]C[C@](N)(CO)C(=O)N1CC(Oc2ccc3c(c2C(=O)O)O[B-](O)(O)[C@@H]2C[C@H]32)C1.[Na+].[Na+]. The van der Waals surface area contributed by atoms with Gasteiger partial charge in [-0.3, -0.25) is 9.59 Å². The van der Waals surface area contributed by atoms with Crippen LogP contribution < -0.4 is 89.4 Å². The molecule has 304 valence electrons. The average Bonchev–Trinajstić information content (AvgIpc) is 4.07. The van der Waals surface area contributed by atoms with E-state index in [4.69, 9.17) is 33.0 Å². The van der Waals surface area contributed by atoms with E-state index in [0.717, 1.165) is 0 Å². The number of carbonyl (C=O) groups is 4. The van der Waals surface area contributed by atoms with Crippen molar-refractivity contribution < 1.29 is 140 Å². The molecule has 0 bridgehead atoms. The van der Waals surface area contributed by atoms with E-state index >= 15 is 0 Å². The topological polar surface area (TPSA) is 326 Å². The van der Waals surface area contributed by atoms with Gasteiger partial charge in [-0.15, -0.1) is 0 Å². The van der Waals surface area contributed by atoms with Crippen LogP contribution in [0.5, 0.6) is 23.0 Å². The van der Waals surface area contributed by atoms with Crippen LogP contribution >= 0.6 is 0 Å². The van der Waals surface area contributed by atoms with Crippen molar-refractivity contribution in [1.29, 1.82) is 0 Å². The molecule has 2 aromatic rings. The van der Waals surface area contributed by atoms with Crippen LogP contribution in [0, 0.1) is 0 Å². The van der Waals surface area contributed by atoms with Gasteiger partial charge >= 0.3 is 84.6 Å². The van der Waals surface area contributed by atoms with Gasteiger partial charge in [-0.05, 0) is 48.9 Å². The summed E-state index contributed by atoms with van der Waals surface area (Å²) >= 11 is 0. The molecule has 6 atom stereocenters. The Hall–Kier alpha value is -2.67. The molecule has 12 N–H and O–H groups in total. The molecule has 4 fully saturated rings. The zero-order chi connectivity index (χ0) is 42.3. The van der Waals surface area contributed by atoms with Crippen LogP contribution in [0.3, 0.4) is 0 Å². The number of nitrogens with zero attached hydrogens (tertiary/aromatic N) is 2. The Morgan fingerprint density at radius 3 is 1.36 bits per heavy atom. The number of nitrogens with two attached hydrogens (primary N) is 2. The molecule has 0 radical (unpaired) electrons. The fourth-order valence-electron chi connectivity index (χ4n) is 7.71. The first-order valence-corrected chi connectivity index (χ1v) is 17.9. The third kappa shape index (κ3) is 8.47. The van der Waals surface area contributed by atoms with Gasteiger partial charge in [0.05, 0.1) is 50.9 Å². The summed E-state index contributed by atoms with van der Waals surface area (Å²) in [6.07, 6.45) is 0.000487. The molecule has 2 amide bonds. The van der Waals surface area contributed by atoms with Gasteiger partial charge in [-0.2, -0.15) is 0 Å². The Kier molecular flexibility index (Phi) is 12.2. The van der Waals surface area contributed by atoms with Crippen molar-refractivity contribution in [2.45, 2.75) is 73.4 Å². The van der Waals surface area contributed by atoms with E-state index < -0.39 is 99.2 Å². The van der Waals surface area contributed by atoms with E-state index in [1.807, 2.05) is 0 Å². The summed E-state index contributed by atoms with van der Waals surface area (Å²) < 4.78 is 36.6. The summed E-state index contributed by atoms with van der Waals surface area (Å²) in [5.41, 5.74) is 8.73. The molecule has 2 aromatic carbocycles. The number of rotatable bonds is 10. The summed E-state index contributed by atoms with van der Waals surface area (Å²) in [6.45, 7) is -8.03. The summed E-state index contributed by atoms with van der Waals surface area (Å²) in [5.74, 6) is -5.16. The van der Waals surface area contributed by atoms with E-state index in [0.29, 0.717) is 24.0 Å². The van der Waals surface area contributed by atoms with Gasteiger partial charge in [0.1, 0.15) is 45.9 Å². The Morgan fingerprint density at radius 2 is 1.07 bits per heavy atom. The Bertz CT molecular complexity index is 1900. The maximum absolute atomic E-state index is 12.3. The third-order valence-electron chi connectivity index (χ3n) is 11.2. The zero-order valence-electron chi connectivity index (χ0n) is 33.9. The molecule has 4 aliphatic heterocycles. The van der Waals surface area contributed by atoms with Crippen LogP contribution in [0.25, 0.3) is 0 Å². The fraction of sp³-hybridized carbons (Fsp3) is 0.529. The van der Waals surface area contributed by atoms with Crippen molar-refractivity contribution in [3.8, 4) is 23.0 Å². The molecule has 6 aliphatic rings. The van der Waals surface area contributed by atoms with Gasteiger partial charge in [0.25, 0.3) is 0 Å². The molecular formula is C34H44B2N4Na2O16. The van der Waals surface area contributed by atoms with E-state index in [-0.39, 0.29) is 131 Å². The first-order chi connectivity index (χ1) is 27.2. The van der Waals surface area contributed by atoms with Gasteiger partial charge in [0, 0.05) is 2.74 Å². The number of hydrogen-bond acceptors (Lipinski definition) is 16. The smallest absolute Gasteiger partial charge is 0.669 e. The molecule has 0 aromatic heterocycles. The van der Waals surface area contributed by atoms with Crippen LogP contribution in [0.4, 0.5) is 0 Å². The van der Waals surface area contributed by atoms with Gasteiger partial charge in [0.2, 0.25) is 11.8 Å². The summed E-state index contributed by atoms with van der Waals surface area (Å²) in [7, 11) is 0. The third-order valence-corrected chi connectivity index (χ3v) is 11.2. The number of carbonyl (C=O) groups excluding carboxylic acids is 2. The van der Waals surface area contributed by atoms with Crippen LogP contribution in [0.15, 0.2) is 24.3 Å². The minimum Gasteiger partial charge on any atom is -0.669 e. The van der Waals surface area contributed by atoms with Crippen molar-refractivity contribution in [3.05, 3.63) is 46.5 Å². The van der Waals surface area contributed by atoms with Crippen molar-refractivity contribution in [3.63, 3.8) is 0 Å². The van der Waals surface area contributed by atoms with E-state index in [2.05, 4.69) is 0 Å². The number of ether oxygens (including phenoxy) is 2. The number of hydrogen-bond donors (Lipinski definition) is 10. The van der Waals surface area contributed by atoms with Crippen molar-refractivity contribution in [2.75, 3.05) is 39.4 Å². The second kappa shape index (κ2) is 16.3. The van der Waals surface area contributed by atoms with E-state index in [1.54, 1.807) is 12.1 Å². The van der Waals surface area contributed by atoms with E-state index in [9.17, 15) is 59.7 Å². The molecule has 2 aliphatic carbocycles. The van der Waals surface area contributed by atoms with Gasteiger partial charge in [-0.1, -0.05) is 36.6 Å². The first kappa shape index (κ1) is 43.4. The molecule has 0 unspecified atom stereocenters. The number of amides is 2. The normalized spacial score (nSPS) is 26.3. The molecule has 20 nitrogen and oxygen atoms in total. The van der Waals surface area contributed by atoms with Gasteiger partial charge in [-0.25, -0.2) is 9.59 Å². The van der Waals surface area contributed by atoms with Crippen LogP contribution in [-0.2, 0) is 9.59 Å². The molecule has 58 heavy (non-hydrogen) atoms. The molecule has 2 saturated heterocycles. The number of fused-ring (bicyclic) bond motifs is 6. The first-order valence-electron chi connectivity index (χ1n) is 19.3. The number of likely N-dealkylation sites (tertiary alicyclic amines) is 2.